The van der Waals surface area contributed by atoms with Gasteiger partial charge in [0.05, 0.1) is 5.69 Å². The average Bonchev–Trinajstić information content (AvgIpc) is 3.15. The van der Waals surface area contributed by atoms with E-state index in [0.29, 0.717) is 5.02 Å². The molecule has 112 valence electrons. The molecule has 2 heterocycles. The fraction of sp³-hybridized carbons (Fsp3) is 0.125. The molecule has 0 spiro atoms. The average molecular weight is 332 g/mol. The lowest BCUT2D eigenvalue weighted by Gasteiger charge is -1.98. The number of furan rings is 1. The maximum atomic E-state index is 5.89. The standard InChI is InChI=1S/C16H14ClN3OS/c1-10-3-8-15(21-10)11(2)19-20-16-18-14(9-22-16)12-4-6-13(17)7-5-12/h3-9H,1-2H3,(H,18,20)/b19-11+. The molecule has 0 amide bonds. The van der Waals surface area contributed by atoms with Crippen LogP contribution in [-0.4, -0.2) is 10.7 Å². The minimum absolute atomic E-state index is 0.714. The summed E-state index contributed by atoms with van der Waals surface area (Å²) in [5, 5.41) is 7.72. The maximum Gasteiger partial charge on any atom is 0.203 e. The number of thiazole rings is 1. The van der Waals surface area contributed by atoms with Gasteiger partial charge in [0.15, 0.2) is 0 Å². The van der Waals surface area contributed by atoms with E-state index in [2.05, 4.69) is 15.5 Å². The van der Waals surface area contributed by atoms with Crippen LogP contribution < -0.4 is 5.43 Å². The summed E-state index contributed by atoms with van der Waals surface area (Å²) in [5.74, 6) is 1.61. The second-order valence-corrected chi connectivity index (χ2v) is 6.06. The lowest BCUT2D eigenvalue weighted by molar-refractivity contribution is 0.525. The topological polar surface area (TPSA) is 50.4 Å². The first-order chi connectivity index (χ1) is 10.6. The molecule has 0 aliphatic heterocycles. The monoisotopic (exact) mass is 331 g/mol. The third kappa shape index (κ3) is 3.37. The van der Waals surface area contributed by atoms with Gasteiger partial charge in [-0.2, -0.15) is 5.10 Å². The van der Waals surface area contributed by atoms with Gasteiger partial charge in [-0.15, -0.1) is 11.3 Å². The van der Waals surface area contributed by atoms with E-state index in [1.807, 2.05) is 55.6 Å². The number of rotatable bonds is 4. The first kappa shape index (κ1) is 14.8. The van der Waals surface area contributed by atoms with Crippen LogP contribution in [0.5, 0.6) is 0 Å². The molecule has 1 N–H and O–H groups in total. The summed E-state index contributed by atoms with van der Waals surface area (Å²) in [6.45, 7) is 3.79. The number of halogens is 1. The Bertz CT molecular complexity index is 805. The number of benzene rings is 1. The molecule has 0 saturated carbocycles. The van der Waals surface area contributed by atoms with E-state index in [0.717, 1.165) is 33.6 Å². The van der Waals surface area contributed by atoms with Crippen molar-refractivity contribution in [3.63, 3.8) is 0 Å². The van der Waals surface area contributed by atoms with E-state index in [1.54, 1.807) is 0 Å². The Kier molecular flexibility index (Phi) is 4.27. The zero-order valence-corrected chi connectivity index (χ0v) is 13.7. The fourth-order valence-corrected chi connectivity index (χ4v) is 2.68. The Hall–Kier alpha value is -2.11. The first-order valence-electron chi connectivity index (χ1n) is 6.70. The highest BCUT2D eigenvalue weighted by molar-refractivity contribution is 7.14. The Labute approximate surface area is 137 Å². The normalized spacial score (nSPS) is 11.7. The Morgan fingerprint density at radius 3 is 2.68 bits per heavy atom. The van der Waals surface area contributed by atoms with Gasteiger partial charge < -0.3 is 4.42 Å². The fourth-order valence-electron chi connectivity index (χ4n) is 1.89. The van der Waals surface area contributed by atoms with Crippen LogP contribution in [0, 0.1) is 6.92 Å². The first-order valence-corrected chi connectivity index (χ1v) is 7.96. The molecule has 0 saturated heterocycles. The highest BCUT2D eigenvalue weighted by atomic mass is 35.5. The van der Waals surface area contributed by atoms with E-state index in [1.165, 1.54) is 11.3 Å². The molecule has 0 atom stereocenters. The van der Waals surface area contributed by atoms with Gasteiger partial charge in [-0.25, -0.2) is 4.98 Å². The van der Waals surface area contributed by atoms with Gasteiger partial charge in [-0.05, 0) is 38.1 Å². The molecule has 0 fully saturated rings. The second-order valence-electron chi connectivity index (χ2n) is 4.76. The number of nitrogens with one attached hydrogen (secondary N) is 1. The maximum absolute atomic E-state index is 5.89. The zero-order chi connectivity index (χ0) is 15.5. The molecule has 4 nitrogen and oxygen atoms in total. The smallest absolute Gasteiger partial charge is 0.203 e. The highest BCUT2D eigenvalue weighted by Crippen LogP contribution is 2.26. The van der Waals surface area contributed by atoms with Crippen molar-refractivity contribution in [3.8, 4) is 11.3 Å². The second kappa shape index (κ2) is 6.34. The Balaban J connectivity index is 1.73. The van der Waals surface area contributed by atoms with Crippen LogP contribution in [0.25, 0.3) is 11.3 Å². The van der Waals surface area contributed by atoms with Crippen LogP contribution in [0.2, 0.25) is 5.02 Å². The lowest BCUT2D eigenvalue weighted by Crippen LogP contribution is -1.97. The predicted molar refractivity (Wildman–Crippen MR) is 91.8 cm³/mol. The van der Waals surface area contributed by atoms with E-state index in [4.69, 9.17) is 16.0 Å². The van der Waals surface area contributed by atoms with Crippen LogP contribution in [0.3, 0.4) is 0 Å². The molecule has 0 bridgehead atoms. The molecule has 6 heteroatoms. The van der Waals surface area contributed by atoms with Crippen LogP contribution in [-0.2, 0) is 0 Å². The van der Waals surface area contributed by atoms with E-state index in [9.17, 15) is 0 Å². The van der Waals surface area contributed by atoms with Gasteiger partial charge >= 0.3 is 0 Å². The van der Waals surface area contributed by atoms with Crippen LogP contribution in [0.4, 0.5) is 5.13 Å². The predicted octanol–water partition coefficient (Wildman–Crippen LogP) is 5.20. The van der Waals surface area contributed by atoms with Gasteiger partial charge in [0.25, 0.3) is 0 Å². The molecule has 0 aliphatic carbocycles. The van der Waals surface area contributed by atoms with Crippen molar-refractivity contribution < 1.29 is 4.42 Å². The van der Waals surface area contributed by atoms with Gasteiger partial charge in [0, 0.05) is 16.0 Å². The van der Waals surface area contributed by atoms with Crippen molar-refractivity contribution in [2.45, 2.75) is 13.8 Å². The van der Waals surface area contributed by atoms with Gasteiger partial charge in [0.2, 0.25) is 5.13 Å². The number of hydrogen-bond acceptors (Lipinski definition) is 5. The molecule has 0 aliphatic rings. The summed E-state index contributed by atoms with van der Waals surface area (Å²) in [7, 11) is 0. The summed E-state index contributed by atoms with van der Waals surface area (Å²) < 4.78 is 5.52. The molecule has 3 aromatic rings. The summed E-state index contributed by atoms with van der Waals surface area (Å²) in [5.41, 5.74) is 5.66. The van der Waals surface area contributed by atoms with Crippen molar-refractivity contribution in [1.82, 2.24) is 4.98 Å². The van der Waals surface area contributed by atoms with E-state index < -0.39 is 0 Å². The lowest BCUT2D eigenvalue weighted by atomic mass is 10.2. The number of hydrazone groups is 1. The van der Waals surface area contributed by atoms with Gasteiger partial charge in [0.1, 0.15) is 17.2 Å². The SMILES string of the molecule is C/C(=N\Nc1nc(-c2ccc(Cl)cc2)cs1)c1ccc(C)o1. The number of hydrogen-bond donors (Lipinski definition) is 1. The largest absolute Gasteiger partial charge is 0.460 e. The van der Waals surface area contributed by atoms with Crippen LogP contribution in [0.1, 0.15) is 18.4 Å². The number of nitrogens with zero attached hydrogens (tertiary/aromatic N) is 2. The number of anilines is 1. The molecule has 0 unspecified atom stereocenters. The van der Waals surface area contributed by atoms with Crippen molar-refractivity contribution in [1.29, 1.82) is 0 Å². The minimum Gasteiger partial charge on any atom is -0.460 e. The van der Waals surface area contributed by atoms with Gasteiger partial charge in [-0.1, -0.05) is 23.7 Å². The molecular formula is C16H14ClN3OS. The molecule has 2 aromatic heterocycles. The van der Waals surface area contributed by atoms with Crippen LogP contribution >= 0.6 is 22.9 Å². The van der Waals surface area contributed by atoms with E-state index >= 15 is 0 Å². The third-order valence-corrected chi connectivity index (χ3v) is 4.06. The highest BCUT2D eigenvalue weighted by Gasteiger charge is 2.06. The molecule has 3 rings (SSSR count). The van der Waals surface area contributed by atoms with Crippen molar-refractivity contribution >= 4 is 33.8 Å². The number of aryl methyl sites for hydroxylation is 1. The summed E-state index contributed by atoms with van der Waals surface area (Å²) in [4.78, 5) is 4.51. The molecular weight excluding hydrogens is 318 g/mol. The molecule has 0 radical (unpaired) electrons. The molecule has 1 aromatic carbocycles. The van der Waals surface area contributed by atoms with Crippen molar-refractivity contribution in [3.05, 3.63) is 58.3 Å². The third-order valence-electron chi connectivity index (χ3n) is 3.06. The quantitative estimate of drug-likeness (QED) is 0.528. The van der Waals surface area contributed by atoms with Crippen molar-refractivity contribution in [2.75, 3.05) is 5.43 Å². The Morgan fingerprint density at radius 1 is 1.23 bits per heavy atom. The summed E-state index contributed by atoms with van der Waals surface area (Å²) in [6, 6.07) is 11.4. The summed E-state index contributed by atoms with van der Waals surface area (Å²) in [6.07, 6.45) is 0. The van der Waals surface area contributed by atoms with Crippen molar-refractivity contribution in [2.24, 2.45) is 5.10 Å². The summed E-state index contributed by atoms with van der Waals surface area (Å²) >= 11 is 7.39. The van der Waals surface area contributed by atoms with Gasteiger partial charge in [-0.3, -0.25) is 5.43 Å². The Morgan fingerprint density at radius 2 is 2.00 bits per heavy atom. The zero-order valence-electron chi connectivity index (χ0n) is 12.1. The van der Waals surface area contributed by atoms with E-state index in [-0.39, 0.29) is 0 Å². The molecule has 22 heavy (non-hydrogen) atoms. The minimum atomic E-state index is 0.714. The number of aromatic nitrogens is 1. The van der Waals surface area contributed by atoms with Crippen LogP contribution in [0.15, 0.2) is 51.3 Å².